The van der Waals surface area contributed by atoms with E-state index in [9.17, 15) is 9.59 Å². The average molecular weight is 436 g/mol. The minimum atomic E-state index is -0.295. The molecule has 4 rings (SSSR count). The van der Waals surface area contributed by atoms with Crippen molar-refractivity contribution in [3.8, 4) is 16.3 Å². The van der Waals surface area contributed by atoms with Crippen molar-refractivity contribution in [1.29, 1.82) is 0 Å². The van der Waals surface area contributed by atoms with Crippen molar-refractivity contribution in [3.63, 3.8) is 0 Å². The number of amides is 2. The SMILES string of the molecule is CCOc1ccc(-c2nc(C(=O)Nc3cccc(C(=O)N4CCCCC4)c3)cs2)cc1. The molecule has 1 fully saturated rings. The number of ether oxygens (including phenoxy) is 1. The van der Waals surface area contributed by atoms with Gasteiger partial charge in [0.25, 0.3) is 11.8 Å². The molecular formula is C24H25N3O3S. The lowest BCUT2D eigenvalue weighted by Crippen LogP contribution is -2.35. The second-order valence-electron chi connectivity index (χ2n) is 7.38. The van der Waals surface area contributed by atoms with Crippen molar-refractivity contribution in [2.24, 2.45) is 0 Å². The fourth-order valence-corrected chi connectivity index (χ4v) is 4.38. The molecule has 1 aliphatic heterocycles. The first-order chi connectivity index (χ1) is 15.1. The van der Waals surface area contributed by atoms with Gasteiger partial charge in [-0.05, 0) is 68.7 Å². The predicted molar refractivity (Wildman–Crippen MR) is 123 cm³/mol. The summed E-state index contributed by atoms with van der Waals surface area (Å²) in [5, 5.41) is 5.37. The monoisotopic (exact) mass is 435 g/mol. The molecule has 0 bridgehead atoms. The Morgan fingerprint density at radius 1 is 1.10 bits per heavy atom. The lowest BCUT2D eigenvalue weighted by Gasteiger charge is -2.26. The molecule has 6 nitrogen and oxygen atoms in total. The number of nitrogens with one attached hydrogen (secondary N) is 1. The number of thiazole rings is 1. The smallest absolute Gasteiger partial charge is 0.275 e. The minimum absolute atomic E-state index is 0.0160. The molecule has 0 aliphatic carbocycles. The first-order valence-electron chi connectivity index (χ1n) is 10.5. The highest BCUT2D eigenvalue weighted by Crippen LogP contribution is 2.26. The molecule has 3 aromatic rings. The van der Waals surface area contributed by atoms with E-state index in [1.807, 2.05) is 36.1 Å². The van der Waals surface area contributed by atoms with E-state index in [-0.39, 0.29) is 11.8 Å². The minimum Gasteiger partial charge on any atom is -0.494 e. The van der Waals surface area contributed by atoms with Gasteiger partial charge in [-0.1, -0.05) is 6.07 Å². The highest BCUT2D eigenvalue weighted by Gasteiger charge is 2.19. The van der Waals surface area contributed by atoms with E-state index in [4.69, 9.17) is 4.74 Å². The second kappa shape index (κ2) is 9.75. The van der Waals surface area contributed by atoms with Gasteiger partial charge in [-0.25, -0.2) is 4.98 Å². The molecule has 1 aliphatic rings. The van der Waals surface area contributed by atoms with Crippen molar-refractivity contribution in [2.75, 3.05) is 25.0 Å². The van der Waals surface area contributed by atoms with E-state index in [0.717, 1.165) is 42.3 Å². The first-order valence-corrected chi connectivity index (χ1v) is 11.4. The molecule has 0 atom stereocenters. The van der Waals surface area contributed by atoms with Crippen LogP contribution in [-0.2, 0) is 0 Å². The molecule has 31 heavy (non-hydrogen) atoms. The summed E-state index contributed by atoms with van der Waals surface area (Å²) < 4.78 is 5.46. The number of benzene rings is 2. The summed E-state index contributed by atoms with van der Waals surface area (Å²) in [6, 6.07) is 14.7. The summed E-state index contributed by atoms with van der Waals surface area (Å²) in [6.07, 6.45) is 3.26. The summed E-state index contributed by atoms with van der Waals surface area (Å²) in [5.74, 6) is 0.526. The molecule has 0 spiro atoms. The van der Waals surface area contributed by atoms with Crippen LogP contribution in [0.15, 0.2) is 53.9 Å². The zero-order chi connectivity index (χ0) is 21.6. The van der Waals surface area contributed by atoms with Crippen LogP contribution in [0.25, 0.3) is 10.6 Å². The van der Waals surface area contributed by atoms with E-state index in [1.54, 1.807) is 29.6 Å². The van der Waals surface area contributed by atoms with Crippen LogP contribution >= 0.6 is 11.3 Å². The van der Waals surface area contributed by atoms with E-state index in [2.05, 4.69) is 10.3 Å². The molecule has 0 unspecified atom stereocenters. The Hall–Kier alpha value is -3.19. The van der Waals surface area contributed by atoms with Crippen LogP contribution < -0.4 is 10.1 Å². The molecule has 2 amide bonds. The lowest BCUT2D eigenvalue weighted by molar-refractivity contribution is 0.0724. The van der Waals surface area contributed by atoms with Crippen molar-refractivity contribution in [3.05, 3.63) is 65.2 Å². The number of piperidine rings is 1. The standard InChI is InChI=1S/C24H25N3O3S/c1-2-30-20-11-9-17(10-12-20)23-26-21(16-31-23)22(28)25-19-8-6-7-18(15-19)24(29)27-13-4-3-5-14-27/h6-12,15-16H,2-5,13-14H2,1H3,(H,25,28). The topological polar surface area (TPSA) is 71.5 Å². The van der Waals surface area contributed by atoms with Crippen LogP contribution in [0, 0.1) is 0 Å². The van der Waals surface area contributed by atoms with Gasteiger partial charge >= 0.3 is 0 Å². The van der Waals surface area contributed by atoms with Gasteiger partial charge in [0, 0.05) is 35.3 Å². The van der Waals surface area contributed by atoms with Crippen LogP contribution in [0.3, 0.4) is 0 Å². The maximum absolute atomic E-state index is 12.7. The van der Waals surface area contributed by atoms with E-state index < -0.39 is 0 Å². The van der Waals surface area contributed by atoms with Gasteiger partial charge in [0.2, 0.25) is 0 Å². The number of nitrogens with zero attached hydrogens (tertiary/aromatic N) is 2. The molecule has 2 heterocycles. The molecule has 7 heteroatoms. The molecule has 1 aromatic heterocycles. The van der Waals surface area contributed by atoms with Gasteiger partial charge < -0.3 is 15.0 Å². The zero-order valence-corrected chi connectivity index (χ0v) is 18.3. The molecule has 1 N–H and O–H groups in total. The van der Waals surface area contributed by atoms with E-state index >= 15 is 0 Å². The van der Waals surface area contributed by atoms with Crippen LogP contribution in [0.4, 0.5) is 5.69 Å². The first kappa shape index (κ1) is 21.1. The third-order valence-corrected chi connectivity index (χ3v) is 6.05. The summed E-state index contributed by atoms with van der Waals surface area (Å²) in [7, 11) is 0. The number of likely N-dealkylation sites (tertiary alicyclic amines) is 1. The normalized spacial score (nSPS) is 13.6. The molecule has 1 saturated heterocycles. The Bertz CT molecular complexity index is 1060. The maximum atomic E-state index is 12.7. The number of rotatable bonds is 6. The van der Waals surface area contributed by atoms with E-state index in [1.165, 1.54) is 17.8 Å². The Morgan fingerprint density at radius 3 is 2.61 bits per heavy atom. The van der Waals surface area contributed by atoms with Crippen molar-refractivity contribution < 1.29 is 14.3 Å². The molecular weight excluding hydrogens is 410 g/mol. The number of carbonyl (C=O) groups excluding carboxylic acids is 2. The Balaban J connectivity index is 1.43. The van der Waals surface area contributed by atoms with Crippen LogP contribution in [0.2, 0.25) is 0 Å². The summed E-state index contributed by atoms with van der Waals surface area (Å²) in [5.41, 5.74) is 2.46. The van der Waals surface area contributed by atoms with Crippen LogP contribution in [0.5, 0.6) is 5.75 Å². The van der Waals surface area contributed by atoms with Gasteiger partial charge in [0.1, 0.15) is 16.5 Å². The summed E-state index contributed by atoms with van der Waals surface area (Å²) in [4.78, 5) is 31.8. The fourth-order valence-electron chi connectivity index (χ4n) is 3.58. The van der Waals surface area contributed by atoms with Crippen LogP contribution in [0.1, 0.15) is 47.0 Å². The Kier molecular flexibility index (Phi) is 6.62. The van der Waals surface area contributed by atoms with Crippen molar-refractivity contribution in [1.82, 2.24) is 9.88 Å². The fraction of sp³-hybridized carbons (Fsp3) is 0.292. The van der Waals surface area contributed by atoms with Gasteiger partial charge in [-0.2, -0.15) is 0 Å². The summed E-state index contributed by atoms with van der Waals surface area (Å²) >= 11 is 1.41. The van der Waals surface area contributed by atoms with Gasteiger partial charge in [0.15, 0.2) is 0 Å². The molecule has 2 aromatic carbocycles. The number of hydrogen-bond acceptors (Lipinski definition) is 5. The molecule has 0 saturated carbocycles. The summed E-state index contributed by atoms with van der Waals surface area (Å²) in [6.45, 7) is 4.15. The number of carbonyl (C=O) groups is 2. The Morgan fingerprint density at radius 2 is 1.87 bits per heavy atom. The van der Waals surface area contributed by atoms with Gasteiger partial charge in [-0.3, -0.25) is 9.59 Å². The second-order valence-corrected chi connectivity index (χ2v) is 8.24. The third kappa shape index (κ3) is 5.11. The molecule has 160 valence electrons. The zero-order valence-electron chi connectivity index (χ0n) is 17.5. The average Bonchev–Trinajstić information content (AvgIpc) is 3.31. The van der Waals surface area contributed by atoms with Crippen molar-refractivity contribution in [2.45, 2.75) is 26.2 Å². The quantitative estimate of drug-likeness (QED) is 0.586. The number of aromatic nitrogens is 1. The predicted octanol–water partition coefficient (Wildman–Crippen LogP) is 5.09. The van der Waals surface area contributed by atoms with Gasteiger partial charge in [0.05, 0.1) is 6.61 Å². The number of anilines is 1. The van der Waals surface area contributed by atoms with Crippen LogP contribution in [-0.4, -0.2) is 41.4 Å². The largest absolute Gasteiger partial charge is 0.494 e. The maximum Gasteiger partial charge on any atom is 0.275 e. The highest BCUT2D eigenvalue weighted by molar-refractivity contribution is 7.13. The Labute approximate surface area is 185 Å². The third-order valence-electron chi connectivity index (χ3n) is 5.16. The number of hydrogen-bond donors (Lipinski definition) is 1. The highest BCUT2D eigenvalue weighted by atomic mass is 32.1. The molecule has 0 radical (unpaired) electrons. The van der Waals surface area contributed by atoms with Crippen molar-refractivity contribution >= 4 is 28.8 Å². The lowest BCUT2D eigenvalue weighted by atomic mass is 10.1. The van der Waals surface area contributed by atoms with Gasteiger partial charge in [-0.15, -0.1) is 11.3 Å². The van der Waals surface area contributed by atoms with E-state index in [0.29, 0.717) is 23.6 Å².